The fourth-order valence-corrected chi connectivity index (χ4v) is 2.08. The van der Waals surface area contributed by atoms with Crippen molar-refractivity contribution >= 4 is 11.9 Å². The van der Waals surface area contributed by atoms with Gasteiger partial charge in [0.25, 0.3) is 0 Å². The summed E-state index contributed by atoms with van der Waals surface area (Å²) in [6.45, 7) is 3.65. The summed E-state index contributed by atoms with van der Waals surface area (Å²) in [6, 6.07) is 0.168. The van der Waals surface area contributed by atoms with Gasteiger partial charge in [-0.1, -0.05) is 0 Å². The summed E-state index contributed by atoms with van der Waals surface area (Å²) >= 11 is 0. The van der Waals surface area contributed by atoms with Gasteiger partial charge >= 0.3 is 5.97 Å². The Morgan fingerprint density at radius 2 is 2.00 bits per heavy atom. The maximum absolute atomic E-state index is 11.1. The Kier molecular flexibility index (Phi) is 4.73. The molecule has 5 heteroatoms. The summed E-state index contributed by atoms with van der Waals surface area (Å²) < 4.78 is 4.63. The number of carbonyl (C=O) groups excluding carboxylic acids is 2. The first-order valence-corrected chi connectivity index (χ1v) is 5.64. The van der Waals surface area contributed by atoms with Crippen molar-refractivity contribution in [1.82, 2.24) is 4.90 Å². The van der Waals surface area contributed by atoms with Crippen molar-refractivity contribution in [1.29, 1.82) is 0 Å². The summed E-state index contributed by atoms with van der Waals surface area (Å²) in [5.74, 6) is -0.397. The van der Waals surface area contributed by atoms with Crippen LogP contribution in [0.4, 0.5) is 0 Å². The topological polar surface area (TPSA) is 72.6 Å². The molecule has 1 rings (SSSR count). The number of carbonyl (C=O) groups is 2. The summed E-state index contributed by atoms with van der Waals surface area (Å²) in [7, 11) is 1.40. The fraction of sp³-hybridized carbons (Fsp3) is 0.818. The van der Waals surface area contributed by atoms with Crippen molar-refractivity contribution in [2.45, 2.75) is 32.2 Å². The standard InChI is InChI=1S/C11H20N2O3/c1-8(7-10(14)16-2)13-5-3-9(4-6-13)11(12)15/h8-9H,3-7H2,1-2H3,(H2,12,15). The number of primary amides is 1. The van der Waals surface area contributed by atoms with Gasteiger partial charge in [-0.15, -0.1) is 0 Å². The number of ether oxygens (including phenoxy) is 1. The van der Waals surface area contributed by atoms with Gasteiger partial charge in [0.1, 0.15) is 0 Å². The number of hydrogen-bond donors (Lipinski definition) is 1. The lowest BCUT2D eigenvalue weighted by molar-refractivity contribution is -0.142. The molecule has 1 fully saturated rings. The Hall–Kier alpha value is -1.10. The summed E-state index contributed by atoms with van der Waals surface area (Å²) in [5, 5.41) is 0. The molecule has 0 aliphatic carbocycles. The molecule has 16 heavy (non-hydrogen) atoms. The first kappa shape index (κ1) is 13.0. The van der Waals surface area contributed by atoms with Gasteiger partial charge in [-0.3, -0.25) is 9.59 Å². The number of likely N-dealkylation sites (tertiary alicyclic amines) is 1. The fourth-order valence-electron chi connectivity index (χ4n) is 2.08. The van der Waals surface area contributed by atoms with Crippen molar-refractivity contribution in [2.75, 3.05) is 20.2 Å². The molecular formula is C11H20N2O3. The van der Waals surface area contributed by atoms with Gasteiger partial charge in [0, 0.05) is 12.0 Å². The molecule has 0 saturated carbocycles. The minimum atomic E-state index is -0.208. The van der Waals surface area contributed by atoms with Gasteiger partial charge in [-0.2, -0.15) is 0 Å². The molecule has 0 aromatic heterocycles. The maximum Gasteiger partial charge on any atom is 0.307 e. The second-order valence-electron chi connectivity index (χ2n) is 4.34. The van der Waals surface area contributed by atoms with Crippen LogP contribution in [0.15, 0.2) is 0 Å². The Labute approximate surface area is 95.9 Å². The molecule has 5 nitrogen and oxygen atoms in total. The lowest BCUT2D eigenvalue weighted by atomic mass is 9.95. The number of hydrogen-bond acceptors (Lipinski definition) is 4. The van der Waals surface area contributed by atoms with Gasteiger partial charge in [-0.05, 0) is 32.9 Å². The van der Waals surface area contributed by atoms with Crippen molar-refractivity contribution < 1.29 is 14.3 Å². The highest BCUT2D eigenvalue weighted by molar-refractivity contribution is 5.76. The van der Waals surface area contributed by atoms with E-state index in [9.17, 15) is 9.59 Å². The van der Waals surface area contributed by atoms with E-state index in [4.69, 9.17) is 5.73 Å². The van der Waals surface area contributed by atoms with Gasteiger partial charge in [0.05, 0.1) is 13.5 Å². The van der Waals surface area contributed by atoms with Crippen LogP contribution in [0.2, 0.25) is 0 Å². The molecule has 1 saturated heterocycles. The largest absolute Gasteiger partial charge is 0.469 e. The maximum atomic E-state index is 11.1. The number of piperidine rings is 1. The van der Waals surface area contributed by atoms with Crippen LogP contribution < -0.4 is 5.73 Å². The van der Waals surface area contributed by atoms with Gasteiger partial charge < -0.3 is 15.4 Å². The molecule has 1 atom stereocenters. The first-order valence-electron chi connectivity index (χ1n) is 5.64. The third kappa shape index (κ3) is 3.48. The summed E-state index contributed by atoms with van der Waals surface area (Å²) in [5.41, 5.74) is 5.26. The van der Waals surface area contributed by atoms with E-state index in [1.54, 1.807) is 0 Å². The normalized spacial score (nSPS) is 20.4. The molecule has 1 unspecified atom stereocenters. The average Bonchev–Trinajstić information content (AvgIpc) is 2.28. The smallest absolute Gasteiger partial charge is 0.307 e. The Morgan fingerprint density at radius 1 is 1.44 bits per heavy atom. The molecule has 2 N–H and O–H groups in total. The van der Waals surface area contributed by atoms with E-state index in [0.29, 0.717) is 6.42 Å². The second kappa shape index (κ2) is 5.84. The number of rotatable bonds is 4. The van der Waals surface area contributed by atoms with E-state index in [2.05, 4.69) is 9.64 Å². The van der Waals surface area contributed by atoms with E-state index < -0.39 is 0 Å². The molecular weight excluding hydrogens is 208 g/mol. The molecule has 0 aromatic carbocycles. The first-order chi connectivity index (χ1) is 7.54. The molecule has 1 aliphatic heterocycles. The number of nitrogens with zero attached hydrogens (tertiary/aromatic N) is 1. The van der Waals surface area contributed by atoms with Crippen molar-refractivity contribution in [3.63, 3.8) is 0 Å². The number of nitrogens with two attached hydrogens (primary N) is 1. The number of esters is 1. The average molecular weight is 228 g/mol. The van der Waals surface area contributed by atoms with Crippen LogP contribution in [0.3, 0.4) is 0 Å². The zero-order valence-electron chi connectivity index (χ0n) is 9.94. The van der Waals surface area contributed by atoms with Crippen LogP contribution in [0.1, 0.15) is 26.2 Å². The minimum absolute atomic E-state index is 0.00146. The van der Waals surface area contributed by atoms with Gasteiger partial charge in [0.15, 0.2) is 0 Å². The number of amides is 1. The van der Waals surface area contributed by atoms with Crippen molar-refractivity contribution in [2.24, 2.45) is 11.7 Å². The molecule has 0 bridgehead atoms. The predicted molar refractivity (Wildman–Crippen MR) is 59.6 cm³/mol. The molecule has 92 valence electrons. The van der Waals surface area contributed by atoms with Crippen LogP contribution in [0.5, 0.6) is 0 Å². The lowest BCUT2D eigenvalue weighted by Gasteiger charge is -2.34. The lowest BCUT2D eigenvalue weighted by Crippen LogP contribution is -2.43. The number of methoxy groups -OCH3 is 1. The quantitative estimate of drug-likeness (QED) is 0.694. The van der Waals surface area contributed by atoms with Crippen molar-refractivity contribution in [3.05, 3.63) is 0 Å². The zero-order chi connectivity index (χ0) is 12.1. The minimum Gasteiger partial charge on any atom is -0.469 e. The third-order valence-electron chi connectivity index (χ3n) is 3.25. The predicted octanol–water partition coefficient (Wildman–Crippen LogP) is 0.135. The monoisotopic (exact) mass is 228 g/mol. The van der Waals surface area contributed by atoms with E-state index in [1.807, 2.05) is 6.92 Å². The molecule has 0 spiro atoms. The van der Waals surface area contributed by atoms with E-state index in [1.165, 1.54) is 7.11 Å². The van der Waals surface area contributed by atoms with E-state index >= 15 is 0 Å². The SMILES string of the molecule is COC(=O)CC(C)N1CCC(C(N)=O)CC1. The second-order valence-corrected chi connectivity index (χ2v) is 4.34. The Balaban J connectivity index is 2.35. The molecule has 1 heterocycles. The van der Waals surface area contributed by atoms with Crippen LogP contribution in [0.25, 0.3) is 0 Å². The molecule has 1 aliphatic rings. The van der Waals surface area contributed by atoms with Crippen LogP contribution in [-0.2, 0) is 14.3 Å². The highest BCUT2D eigenvalue weighted by Gasteiger charge is 2.26. The van der Waals surface area contributed by atoms with Gasteiger partial charge in [0.2, 0.25) is 5.91 Å². The van der Waals surface area contributed by atoms with Gasteiger partial charge in [-0.25, -0.2) is 0 Å². The third-order valence-corrected chi connectivity index (χ3v) is 3.25. The van der Waals surface area contributed by atoms with Crippen LogP contribution in [0, 0.1) is 5.92 Å². The van der Waals surface area contributed by atoms with Crippen LogP contribution in [-0.4, -0.2) is 43.0 Å². The highest BCUT2D eigenvalue weighted by atomic mass is 16.5. The summed E-state index contributed by atoms with van der Waals surface area (Å²) in [6.07, 6.45) is 1.99. The highest BCUT2D eigenvalue weighted by Crippen LogP contribution is 2.19. The summed E-state index contributed by atoms with van der Waals surface area (Å²) in [4.78, 5) is 24.3. The van der Waals surface area contributed by atoms with Crippen molar-refractivity contribution in [3.8, 4) is 0 Å². The van der Waals surface area contributed by atoms with E-state index in [0.717, 1.165) is 25.9 Å². The zero-order valence-corrected chi connectivity index (χ0v) is 9.94. The molecule has 0 aromatic rings. The van der Waals surface area contributed by atoms with Crippen LogP contribution >= 0.6 is 0 Å². The Bertz CT molecular complexity index is 260. The Morgan fingerprint density at radius 3 is 2.44 bits per heavy atom. The molecule has 1 amide bonds. The molecule has 0 radical (unpaired) electrons. The van der Waals surface area contributed by atoms with E-state index in [-0.39, 0.29) is 23.8 Å².